The maximum Gasteiger partial charge on any atom is 0.416 e. The highest BCUT2D eigenvalue weighted by molar-refractivity contribution is 9.39. The Morgan fingerprint density at radius 2 is 0.963 bits per heavy atom. The van der Waals surface area contributed by atoms with E-state index < -0.39 is 34.7 Å². The van der Waals surface area contributed by atoms with Gasteiger partial charge in [0, 0.05) is 109 Å². The van der Waals surface area contributed by atoms with Gasteiger partial charge in [0.15, 0.2) is 3.53 Å². The first-order valence-electron chi connectivity index (χ1n) is 26.3. The Bertz CT molecular complexity index is 2490. The molecular weight excluding hydrogens is 1480 g/mol. The molecule has 2 amide bonds. The lowest BCUT2D eigenvalue weighted by molar-refractivity contribution is -0.138. The zero-order chi connectivity index (χ0) is 61.2. The summed E-state index contributed by atoms with van der Waals surface area (Å²) >= 11 is 18.8. The molecule has 82 heavy (non-hydrogen) atoms. The summed E-state index contributed by atoms with van der Waals surface area (Å²) in [5, 5.41) is 26.0. The summed E-state index contributed by atoms with van der Waals surface area (Å²) < 4.78 is 87.3. The molecule has 2 aromatic rings. The van der Waals surface area contributed by atoms with Crippen molar-refractivity contribution in [1.29, 1.82) is 0 Å². The molecule has 16 nitrogen and oxygen atoms in total. The van der Waals surface area contributed by atoms with E-state index in [1.165, 1.54) is 17.7 Å². The van der Waals surface area contributed by atoms with E-state index in [4.69, 9.17) is 29.2 Å². The Hall–Kier alpha value is -3.02. The van der Waals surface area contributed by atoms with Crippen LogP contribution in [0.3, 0.4) is 0 Å². The number of oxime groups is 4. The van der Waals surface area contributed by atoms with E-state index in [9.17, 15) is 35.9 Å². The zero-order valence-corrected chi connectivity index (χ0v) is 56.2. The van der Waals surface area contributed by atoms with Gasteiger partial charge < -0.3 is 44.3 Å². The second-order valence-electron chi connectivity index (χ2n) is 22.3. The highest BCUT2D eigenvalue weighted by atomic mass is 79.9. The van der Waals surface area contributed by atoms with Crippen LogP contribution in [0.15, 0.2) is 81.3 Å². The standard InChI is InChI=1S/C15H16BrF3N2O.C12H19BrN2O3.C11H19NO2.C8H6BrF3.C7H11BrN2O.CHBr2NO/c16-13-9-14(22-20-13)5-7-21(8-6-14)10-11-1-3-12(4-2-11)15(17,18)19;1-11(2,3)17-10(16)15-6-4-12(5-7-15)8-9(13)14-18-12;1-9-5-7-12(8-6-9)10(13)14-11(2,3)4;9-5-6-1-3-7(4-2-6)8(10,11)12;8-6-5-7(11-10-6)1-3-9-4-2-7;2-1(3)4-5/h1-4H,5-10H2;4-8H2,1-3H3;1,5-8H2,2-4H3;1-4H,5H2;9H,1-5H2;5H. The summed E-state index contributed by atoms with van der Waals surface area (Å²) in [5.41, 5.74) is 0.550. The number of halogens is 12. The van der Waals surface area contributed by atoms with Crippen molar-refractivity contribution in [3.63, 3.8) is 0 Å². The molecule has 460 valence electrons. The number of carbonyl (C=O) groups is 2. The molecule has 28 heteroatoms. The Morgan fingerprint density at radius 3 is 1.28 bits per heavy atom. The van der Waals surface area contributed by atoms with Gasteiger partial charge in [-0.25, -0.2) is 9.59 Å². The van der Waals surface area contributed by atoms with Gasteiger partial charge in [-0.05, 0) is 183 Å². The van der Waals surface area contributed by atoms with E-state index in [1.807, 2.05) is 41.5 Å². The van der Waals surface area contributed by atoms with Crippen molar-refractivity contribution in [2.24, 2.45) is 20.6 Å². The van der Waals surface area contributed by atoms with E-state index in [0.29, 0.717) is 28.5 Å². The first kappa shape index (κ1) is 71.5. The second-order valence-corrected chi connectivity index (χ2v) is 28.2. The molecule has 4 saturated heterocycles. The van der Waals surface area contributed by atoms with E-state index in [2.05, 4.69) is 133 Å². The minimum absolute atomic E-state index is 0.0318. The summed E-state index contributed by atoms with van der Waals surface area (Å²) in [6.45, 7) is 22.5. The van der Waals surface area contributed by atoms with Gasteiger partial charge in [-0.1, -0.05) is 73.0 Å². The molecular formula is C54H72Br6F6N8O8. The van der Waals surface area contributed by atoms with Gasteiger partial charge in [0.1, 0.15) is 41.9 Å². The quantitative estimate of drug-likeness (QED) is 0.0752. The molecule has 0 aromatic heterocycles. The molecule has 7 aliphatic rings. The van der Waals surface area contributed by atoms with Crippen LogP contribution in [0.5, 0.6) is 0 Å². The third-order valence-corrected chi connectivity index (χ3v) is 15.6. The molecule has 0 saturated carbocycles. The minimum atomic E-state index is -4.27. The third-order valence-electron chi connectivity index (χ3n) is 13.3. The van der Waals surface area contributed by atoms with E-state index in [1.54, 1.807) is 21.9 Å². The highest BCUT2D eigenvalue weighted by Gasteiger charge is 2.44. The van der Waals surface area contributed by atoms with E-state index in [0.717, 1.165) is 159 Å². The third kappa shape index (κ3) is 25.5. The Balaban J connectivity index is 0.000000220. The van der Waals surface area contributed by atoms with Crippen LogP contribution >= 0.6 is 95.6 Å². The Morgan fingerprint density at radius 1 is 0.622 bits per heavy atom. The molecule has 9 rings (SSSR count). The fourth-order valence-corrected chi connectivity index (χ4v) is 11.0. The lowest BCUT2D eigenvalue weighted by Crippen LogP contribution is -2.48. The van der Waals surface area contributed by atoms with Crippen LogP contribution in [-0.2, 0) is 48.2 Å². The van der Waals surface area contributed by atoms with Crippen molar-refractivity contribution in [1.82, 2.24) is 20.0 Å². The van der Waals surface area contributed by atoms with Crippen molar-refractivity contribution in [2.45, 2.75) is 164 Å². The number of hydrogen-bond donors (Lipinski definition) is 2. The number of hydrogen-bond acceptors (Lipinski definition) is 14. The van der Waals surface area contributed by atoms with Crippen LogP contribution in [0.2, 0.25) is 0 Å². The summed E-state index contributed by atoms with van der Waals surface area (Å²) in [5.74, 6) is 0. The fraction of sp³-hybridized carbons (Fsp3) is 0.630. The largest absolute Gasteiger partial charge is 0.444 e. The summed E-state index contributed by atoms with van der Waals surface area (Å²) in [7, 11) is 0. The SMILES string of the molecule is BrC1=NOC2(CCNCC2)C1.C=C1CCN(C(=O)OC(C)(C)C)CC1.CC(C)(C)OC(=O)N1CCC2(CC1)CC(Br)=NO2.FC(F)(F)c1ccc(CBr)cc1.FC(F)(F)c1ccc(CN2CCC3(CC2)CC(Br)=NO3)cc1.ON=C(Br)Br. The molecule has 2 aromatic carbocycles. The van der Waals surface area contributed by atoms with Crippen LogP contribution in [0.25, 0.3) is 0 Å². The topological polar surface area (TPSA) is 172 Å². The number of likely N-dealkylation sites (tertiary alicyclic amines) is 3. The van der Waals surface area contributed by atoms with Gasteiger partial charge in [0.25, 0.3) is 0 Å². The van der Waals surface area contributed by atoms with Crippen molar-refractivity contribution >= 4 is 125 Å². The second kappa shape index (κ2) is 32.1. The Labute approximate surface area is 526 Å². The van der Waals surface area contributed by atoms with Crippen molar-refractivity contribution in [2.75, 3.05) is 52.4 Å². The van der Waals surface area contributed by atoms with Crippen molar-refractivity contribution in [3.8, 4) is 0 Å². The first-order valence-corrected chi connectivity index (χ1v) is 31.4. The van der Waals surface area contributed by atoms with Gasteiger partial charge in [0.05, 0.1) is 11.1 Å². The number of nitrogens with one attached hydrogen (secondary N) is 1. The number of piperidine rings is 4. The first-order chi connectivity index (χ1) is 38.2. The number of alkyl halides is 7. The molecule has 0 bridgehead atoms. The molecule has 7 heterocycles. The van der Waals surface area contributed by atoms with Gasteiger partial charge in [-0.15, -0.1) is 0 Å². The maximum absolute atomic E-state index is 12.5. The maximum atomic E-state index is 12.5. The van der Waals surface area contributed by atoms with E-state index >= 15 is 0 Å². The van der Waals surface area contributed by atoms with Gasteiger partial charge in [-0.3, -0.25) is 4.90 Å². The monoisotopic (exact) mass is 1550 g/mol. The molecule has 0 radical (unpaired) electrons. The lowest BCUT2D eigenvalue weighted by Gasteiger charge is -2.37. The number of benzene rings is 2. The number of ether oxygens (including phenoxy) is 2. The van der Waals surface area contributed by atoms with E-state index in [-0.39, 0.29) is 29.0 Å². The van der Waals surface area contributed by atoms with Crippen LogP contribution < -0.4 is 5.32 Å². The normalized spacial score (nSPS) is 19.8. The molecule has 2 N–H and O–H groups in total. The minimum Gasteiger partial charge on any atom is -0.444 e. The van der Waals surface area contributed by atoms with Gasteiger partial charge >= 0.3 is 24.5 Å². The molecule has 0 aliphatic carbocycles. The molecule has 0 atom stereocenters. The lowest BCUT2D eigenvalue weighted by atomic mass is 9.89. The van der Waals surface area contributed by atoms with Gasteiger partial charge in [-0.2, -0.15) is 26.3 Å². The highest BCUT2D eigenvalue weighted by Crippen LogP contribution is 2.39. The summed E-state index contributed by atoms with van der Waals surface area (Å²) in [6.07, 6.45) is 0.920. The Kier molecular flexibility index (Phi) is 28.0. The average Bonchev–Trinajstić information content (AvgIpc) is 4.11. The van der Waals surface area contributed by atoms with Crippen LogP contribution in [0.1, 0.15) is 134 Å². The molecule has 7 aliphatic heterocycles. The van der Waals surface area contributed by atoms with Crippen LogP contribution in [-0.4, -0.2) is 130 Å². The van der Waals surface area contributed by atoms with Crippen LogP contribution in [0.4, 0.5) is 35.9 Å². The molecule has 3 spiro atoms. The molecule has 4 fully saturated rings. The predicted molar refractivity (Wildman–Crippen MR) is 327 cm³/mol. The average molecular weight is 1550 g/mol. The van der Waals surface area contributed by atoms with Crippen molar-refractivity contribution in [3.05, 3.63) is 82.9 Å². The summed E-state index contributed by atoms with van der Waals surface area (Å²) in [6, 6.07) is 10.5. The number of carbonyl (C=O) groups excluding carboxylic acids is 2. The number of rotatable bonds is 3. The zero-order valence-electron chi connectivity index (χ0n) is 46.6. The molecule has 0 unspecified atom stereocenters. The number of amides is 2. The smallest absolute Gasteiger partial charge is 0.416 e. The van der Waals surface area contributed by atoms with Crippen molar-refractivity contribution < 1.29 is 65.1 Å². The predicted octanol–water partition coefficient (Wildman–Crippen LogP) is 16.0. The fourth-order valence-electron chi connectivity index (χ4n) is 8.83. The van der Waals surface area contributed by atoms with Crippen LogP contribution in [0, 0.1) is 0 Å². The number of nitrogens with zero attached hydrogens (tertiary/aromatic N) is 7. The van der Waals surface area contributed by atoms with Gasteiger partial charge in [0.2, 0.25) is 0 Å². The summed E-state index contributed by atoms with van der Waals surface area (Å²) in [4.78, 5) is 45.6.